The minimum absolute atomic E-state index is 0.0408. The number of hydrogen-bond acceptors (Lipinski definition) is 6. The van der Waals surface area contributed by atoms with Crippen LogP contribution >= 0.6 is 27.3 Å². The van der Waals surface area contributed by atoms with Gasteiger partial charge in [0.25, 0.3) is 10.0 Å². The zero-order valence-corrected chi connectivity index (χ0v) is 15.7. The maximum absolute atomic E-state index is 12.7. The van der Waals surface area contributed by atoms with Gasteiger partial charge in [0.05, 0.1) is 19.0 Å². The third-order valence-electron chi connectivity index (χ3n) is 3.08. The van der Waals surface area contributed by atoms with E-state index in [2.05, 4.69) is 30.6 Å². The molecule has 0 aliphatic carbocycles. The van der Waals surface area contributed by atoms with Gasteiger partial charge in [-0.05, 0) is 24.3 Å². The number of aromatic nitrogens is 2. The molecule has 2 aromatic heterocycles. The molecule has 0 radical (unpaired) electrons. The van der Waals surface area contributed by atoms with E-state index in [1.807, 2.05) is 5.38 Å². The van der Waals surface area contributed by atoms with E-state index < -0.39 is 10.0 Å². The lowest BCUT2D eigenvalue weighted by Crippen LogP contribution is -2.14. The fraction of sp³-hybridized carbons (Fsp3) is 0.0667. The smallest absolute Gasteiger partial charge is 0.265 e. The molecule has 0 bridgehead atoms. The van der Waals surface area contributed by atoms with E-state index in [-0.39, 0.29) is 10.6 Å². The summed E-state index contributed by atoms with van der Waals surface area (Å²) in [7, 11) is -2.40. The summed E-state index contributed by atoms with van der Waals surface area (Å²) in [4.78, 5) is 8.31. The van der Waals surface area contributed by atoms with Crippen LogP contribution in [0.15, 0.2) is 57.6 Å². The fourth-order valence-electron chi connectivity index (χ4n) is 2.05. The summed E-state index contributed by atoms with van der Waals surface area (Å²) in [6.07, 6.45) is 4.76. The minimum Gasteiger partial charge on any atom is -0.495 e. The fourth-order valence-corrected chi connectivity index (χ4v) is 4.41. The van der Waals surface area contributed by atoms with E-state index in [9.17, 15) is 8.42 Å². The molecular weight excluding hydrogens is 414 g/mol. The molecule has 0 atom stereocenters. The van der Waals surface area contributed by atoms with Gasteiger partial charge in [0.2, 0.25) is 0 Å². The molecule has 124 valence electrons. The van der Waals surface area contributed by atoms with E-state index in [0.29, 0.717) is 10.2 Å². The Balaban J connectivity index is 1.96. The number of hydrogen-bond donors (Lipinski definition) is 1. The van der Waals surface area contributed by atoms with Crippen LogP contribution in [0.5, 0.6) is 5.75 Å². The topological polar surface area (TPSA) is 81.2 Å². The molecule has 2 heterocycles. The van der Waals surface area contributed by atoms with E-state index in [0.717, 1.165) is 10.6 Å². The molecule has 0 saturated heterocycles. The number of anilines is 1. The summed E-state index contributed by atoms with van der Waals surface area (Å²) in [5.74, 6) is 0.259. The minimum atomic E-state index is -3.83. The Bertz CT molecular complexity index is 960. The Labute approximate surface area is 151 Å². The highest BCUT2D eigenvalue weighted by Gasteiger charge is 2.20. The van der Waals surface area contributed by atoms with Gasteiger partial charge < -0.3 is 4.74 Å². The molecular formula is C15H12BrN3O3S2. The number of ether oxygens (including phenoxy) is 1. The molecule has 1 N–H and O–H groups in total. The first-order valence-electron chi connectivity index (χ1n) is 6.71. The van der Waals surface area contributed by atoms with Gasteiger partial charge in [-0.2, -0.15) is 0 Å². The van der Waals surface area contributed by atoms with Crippen LogP contribution < -0.4 is 9.46 Å². The zero-order valence-electron chi connectivity index (χ0n) is 12.4. The largest absolute Gasteiger partial charge is 0.495 e. The zero-order chi connectivity index (χ0) is 17.2. The molecule has 3 aromatic rings. The van der Waals surface area contributed by atoms with Crippen molar-refractivity contribution >= 4 is 43.0 Å². The van der Waals surface area contributed by atoms with Crippen molar-refractivity contribution in [3.8, 4) is 16.3 Å². The van der Waals surface area contributed by atoms with Crippen LogP contribution in [0.2, 0.25) is 0 Å². The summed E-state index contributed by atoms with van der Waals surface area (Å²) in [6, 6.07) is 6.47. The Morgan fingerprint density at radius 3 is 2.79 bits per heavy atom. The van der Waals surface area contributed by atoms with Gasteiger partial charge >= 0.3 is 0 Å². The molecule has 0 spiro atoms. The van der Waals surface area contributed by atoms with Crippen LogP contribution in [0.3, 0.4) is 0 Å². The predicted octanol–water partition coefficient (Wildman–Crippen LogP) is 3.78. The molecule has 0 saturated carbocycles. The quantitative estimate of drug-likeness (QED) is 0.672. The Kier molecular flexibility index (Phi) is 4.83. The lowest BCUT2D eigenvalue weighted by Gasteiger charge is -2.12. The number of methoxy groups -OCH3 is 1. The first-order valence-corrected chi connectivity index (χ1v) is 9.86. The number of rotatable bonds is 5. The van der Waals surface area contributed by atoms with E-state index in [4.69, 9.17) is 4.74 Å². The van der Waals surface area contributed by atoms with E-state index >= 15 is 0 Å². The van der Waals surface area contributed by atoms with Crippen LogP contribution in [-0.2, 0) is 10.0 Å². The van der Waals surface area contributed by atoms with Gasteiger partial charge in [0.15, 0.2) is 0 Å². The maximum atomic E-state index is 12.7. The normalized spacial score (nSPS) is 11.2. The monoisotopic (exact) mass is 425 g/mol. The highest BCUT2D eigenvalue weighted by molar-refractivity contribution is 9.10. The molecule has 0 amide bonds. The molecule has 0 aliphatic rings. The highest BCUT2D eigenvalue weighted by Crippen LogP contribution is 2.30. The first-order chi connectivity index (χ1) is 11.5. The summed E-state index contributed by atoms with van der Waals surface area (Å²) in [5.41, 5.74) is 1.09. The van der Waals surface area contributed by atoms with Crippen LogP contribution in [0, 0.1) is 0 Å². The van der Waals surface area contributed by atoms with Crippen LogP contribution in [-0.4, -0.2) is 25.5 Å². The molecule has 0 unspecified atom stereocenters. The second-order valence-electron chi connectivity index (χ2n) is 4.70. The first kappa shape index (κ1) is 16.9. The Hall–Kier alpha value is -1.97. The third kappa shape index (κ3) is 3.58. The van der Waals surface area contributed by atoms with E-state index in [1.165, 1.54) is 30.7 Å². The molecule has 0 fully saturated rings. The number of thiazole rings is 1. The van der Waals surface area contributed by atoms with Crippen molar-refractivity contribution in [3.63, 3.8) is 0 Å². The second-order valence-corrected chi connectivity index (χ2v) is 8.16. The van der Waals surface area contributed by atoms with Gasteiger partial charge in [-0.1, -0.05) is 15.9 Å². The summed E-state index contributed by atoms with van der Waals surface area (Å²) in [5, 5.41) is 2.61. The van der Waals surface area contributed by atoms with Crippen molar-refractivity contribution in [1.82, 2.24) is 9.97 Å². The molecule has 3 rings (SSSR count). The molecule has 0 aliphatic heterocycles. The van der Waals surface area contributed by atoms with Crippen LogP contribution in [0.25, 0.3) is 10.6 Å². The molecule has 6 nitrogen and oxygen atoms in total. The summed E-state index contributed by atoms with van der Waals surface area (Å²) in [6.45, 7) is 0. The van der Waals surface area contributed by atoms with Gasteiger partial charge in [-0.15, -0.1) is 11.3 Å². The number of benzene rings is 1. The van der Waals surface area contributed by atoms with Crippen molar-refractivity contribution < 1.29 is 13.2 Å². The summed E-state index contributed by atoms with van der Waals surface area (Å²) >= 11 is 4.73. The van der Waals surface area contributed by atoms with Crippen molar-refractivity contribution in [1.29, 1.82) is 0 Å². The van der Waals surface area contributed by atoms with Gasteiger partial charge in [-0.25, -0.2) is 13.4 Å². The van der Waals surface area contributed by atoms with E-state index in [1.54, 1.807) is 30.6 Å². The van der Waals surface area contributed by atoms with Crippen molar-refractivity contribution in [2.45, 2.75) is 4.90 Å². The number of nitrogens with one attached hydrogen (secondary N) is 1. The third-order valence-corrected chi connectivity index (χ3v) is 5.80. The number of pyridine rings is 1. The van der Waals surface area contributed by atoms with Crippen molar-refractivity contribution in [3.05, 3.63) is 52.7 Å². The average molecular weight is 426 g/mol. The average Bonchev–Trinajstić information content (AvgIpc) is 3.09. The van der Waals surface area contributed by atoms with Crippen molar-refractivity contribution in [2.75, 3.05) is 11.8 Å². The lowest BCUT2D eigenvalue weighted by atomic mass is 10.3. The van der Waals surface area contributed by atoms with Crippen LogP contribution in [0.1, 0.15) is 0 Å². The number of halogens is 1. The van der Waals surface area contributed by atoms with Gasteiger partial charge in [0, 0.05) is 27.8 Å². The SMILES string of the molecule is COc1ccc(Br)cc1S(=O)(=O)Nc1cncc(-c2nccs2)c1. The Morgan fingerprint density at radius 1 is 1.25 bits per heavy atom. The highest BCUT2D eigenvalue weighted by atomic mass is 79.9. The molecule has 24 heavy (non-hydrogen) atoms. The Morgan fingerprint density at radius 2 is 2.08 bits per heavy atom. The van der Waals surface area contributed by atoms with Crippen molar-refractivity contribution in [2.24, 2.45) is 0 Å². The standard InChI is InChI=1S/C15H12BrN3O3S2/c1-22-13-3-2-11(16)7-14(13)24(20,21)19-12-6-10(8-17-9-12)15-18-4-5-23-15/h2-9,19H,1H3. The maximum Gasteiger partial charge on any atom is 0.265 e. The van der Waals surface area contributed by atoms with Gasteiger partial charge in [-0.3, -0.25) is 9.71 Å². The predicted molar refractivity (Wildman–Crippen MR) is 96.8 cm³/mol. The second kappa shape index (κ2) is 6.88. The number of sulfonamides is 1. The lowest BCUT2D eigenvalue weighted by molar-refractivity contribution is 0.403. The van der Waals surface area contributed by atoms with Crippen LogP contribution in [0.4, 0.5) is 5.69 Å². The summed E-state index contributed by atoms with van der Waals surface area (Å²) < 4.78 is 33.7. The number of nitrogens with zero attached hydrogens (tertiary/aromatic N) is 2. The molecule has 9 heteroatoms. The molecule has 1 aromatic carbocycles. The van der Waals surface area contributed by atoms with Gasteiger partial charge in [0.1, 0.15) is 15.7 Å².